The molecular weight excluding hydrogens is 204 g/mol. The van der Waals surface area contributed by atoms with E-state index in [2.05, 4.69) is 6.92 Å². The average molecular weight is 224 g/mol. The fourth-order valence-electron chi connectivity index (χ4n) is 2.08. The van der Waals surface area contributed by atoms with Gasteiger partial charge in [0.15, 0.2) is 0 Å². The second-order valence-electron chi connectivity index (χ2n) is 4.38. The van der Waals surface area contributed by atoms with Crippen LogP contribution in [0.4, 0.5) is 0 Å². The van der Waals surface area contributed by atoms with Crippen LogP contribution in [0.3, 0.4) is 0 Å². The van der Waals surface area contributed by atoms with Crippen LogP contribution in [0.25, 0.3) is 0 Å². The third-order valence-electron chi connectivity index (χ3n) is 3.05. The number of thiazole rings is 1. The van der Waals surface area contributed by atoms with Gasteiger partial charge in [0.2, 0.25) is 0 Å². The Balaban J connectivity index is 2.05. The van der Waals surface area contributed by atoms with E-state index in [1.807, 2.05) is 11.3 Å². The lowest BCUT2D eigenvalue weighted by Gasteiger charge is -2.07. The van der Waals surface area contributed by atoms with Gasteiger partial charge in [-0.2, -0.15) is 0 Å². The van der Waals surface area contributed by atoms with E-state index in [1.165, 1.54) is 54.1 Å². The molecule has 2 N–H and O–H groups in total. The fourth-order valence-corrected chi connectivity index (χ4v) is 3.27. The van der Waals surface area contributed by atoms with E-state index in [0.717, 1.165) is 6.42 Å². The molecule has 0 saturated heterocycles. The molecule has 0 spiro atoms. The lowest BCUT2D eigenvalue weighted by Crippen LogP contribution is -2.09. The minimum atomic E-state index is 0.181. The molecule has 1 unspecified atom stereocenters. The van der Waals surface area contributed by atoms with E-state index in [1.54, 1.807) is 0 Å². The highest BCUT2D eigenvalue weighted by atomic mass is 32.1. The Morgan fingerprint density at radius 2 is 2.20 bits per heavy atom. The quantitative estimate of drug-likeness (QED) is 0.853. The van der Waals surface area contributed by atoms with Gasteiger partial charge in [-0.15, -0.1) is 11.3 Å². The summed E-state index contributed by atoms with van der Waals surface area (Å²) in [7, 11) is 0. The molecule has 1 atom stereocenters. The normalized spacial score (nSPS) is 17.5. The van der Waals surface area contributed by atoms with Gasteiger partial charge < -0.3 is 5.73 Å². The minimum absolute atomic E-state index is 0.181. The lowest BCUT2D eigenvalue weighted by atomic mass is 10.0. The van der Waals surface area contributed by atoms with Crippen LogP contribution in [0.15, 0.2) is 0 Å². The van der Waals surface area contributed by atoms with Crippen molar-refractivity contribution in [3.05, 3.63) is 15.6 Å². The Bertz CT molecular complexity index is 296. The number of fused-ring (bicyclic) bond motifs is 1. The number of hydrogen-bond acceptors (Lipinski definition) is 3. The molecule has 1 aliphatic rings. The van der Waals surface area contributed by atoms with Crippen molar-refractivity contribution < 1.29 is 0 Å². The number of rotatable bonds is 4. The fraction of sp³-hybridized carbons (Fsp3) is 0.750. The monoisotopic (exact) mass is 224 g/mol. The molecule has 0 fully saturated rings. The summed E-state index contributed by atoms with van der Waals surface area (Å²) in [5.74, 6) is 0. The van der Waals surface area contributed by atoms with Gasteiger partial charge in [0, 0.05) is 4.88 Å². The molecule has 1 aromatic rings. The van der Waals surface area contributed by atoms with E-state index in [9.17, 15) is 0 Å². The Labute approximate surface area is 95.9 Å². The summed E-state index contributed by atoms with van der Waals surface area (Å²) in [5.41, 5.74) is 7.48. The van der Waals surface area contributed by atoms with Crippen LogP contribution in [0.2, 0.25) is 0 Å². The van der Waals surface area contributed by atoms with Crippen LogP contribution >= 0.6 is 11.3 Å². The van der Waals surface area contributed by atoms with Crippen LogP contribution in [0.1, 0.15) is 60.6 Å². The van der Waals surface area contributed by atoms with Crippen molar-refractivity contribution in [2.75, 3.05) is 0 Å². The van der Waals surface area contributed by atoms with Gasteiger partial charge >= 0.3 is 0 Å². The summed E-state index contributed by atoms with van der Waals surface area (Å²) in [6.45, 7) is 2.21. The molecule has 84 valence electrons. The van der Waals surface area contributed by atoms with Crippen LogP contribution in [-0.2, 0) is 12.8 Å². The maximum absolute atomic E-state index is 6.14. The van der Waals surface area contributed by atoms with E-state index >= 15 is 0 Å². The molecule has 0 aromatic carbocycles. The molecule has 2 rings (SSSR count). The molecule has 0 radical (unpaired) electrons. The molecule has 0 amide bonds. The zero-order valence-corrected chi connectivity index (χ0v) is 10.3. The van der Waals surface area contributed by atoms with Crippen LogP contribution in [-0.4, -0.2) is 4.98 Å². The van der Waals surface area contributed by atoms with Crippen molar-refractivity contribution in [3.8, 4) is 0 Å². The van der Waals surface area contributed by atoms with Gasteiger partial charge in [0.25, 0.3) is 0 Å². The van der Waals surface area contributed by atoms with Crippen molar-refractivity contribution in [1.82, 2.24) is 4.98 Å². The van der Waals surface area contributed by atoms with Gasteiger partial charge in [0.1, 0.15) is 5.01 Å². The largest absolute Gasteiger partial charge is 0.322 e. The number of unbranched alkanes of at least 4 members (excludes halogenated alkanes) is 1. The summed E-state index contributed by atoms with van der Waals surface area (Å²) in [6, 6.07) is 0.181. The van der Waals surface area contributed by atoms with E-state index in [-0.39, 0.29) is 6.04 Å². The molecule has 0 aliphatic heterocycles. The Morgan fingerprint density at radius 3 is 2.93 bits per heavy atom. The zero-order valence-electron chi connectivity index (χ0n) is 9.46. The maximum Gasteiger partial charge on any atom is 0.110 e. The predicted molar refractivity (Wildman–Crippen MR) is 65.2 cm³/mol. The van der Waals surface area contributed by atoms with Gasteiger partial charge in [-0.05, 0) is 32.1 Å². The van der Waals surface area contributed by atoms with Crippen molar-refractivity contribution in [2.24, 2.45) is 5.73 Å². The summed E-state index contributed by atoms with van der Waals surface area (Å²) >= 11 is 1.86. The van der Waals surface area contributed by atoms with Gasteiger partial charge in [-0.1, -0.05) is 19.8 Å². The number of nitrogens with two attached hydrogens (primary N) is 1. The highest BCUT2D eigenvalue weighted by Gasteiger charge is 2.18. The first kappa shape index (κ1) is 11.1. The number of nitrogens with zero attached hydrogens (tertiary/aromatic N) is 1. The third kappa shape index (κ3) is 2.58. The third-order valence-corrected chi connectivity index (χ3v) is 4.34. The van der Waals surface area contributed by atoms with Crippen LogP contribution in [0, 0.1) is 0 Å². The predicted octanol–water partition coefficient (Wildman–Crippen LogP) is 3.21. The maximum atomic E-state index is 6.14. The number of hydrogen-bond donors (Lipinski definition) is 1. The molecule has 1 aliphatic carbocycles. The van der Waals surface area contributed by atoms with Gasteiger partial charge in [0.05, 0.1) is 11.7 Å². The number of aromatic nitrogens is 1. The molecule has 1 heterocycles. The zero-order chi connectivity index (χ0) is 10.7. The standard InChI is InChI=1S/C12H20N2S/c1-2-3-6-9(13)12-14-10-7-4-5-8-11(10)15-12/h9H,2-8,13H2,1H3. The molecule has 3 heteroatoms. The van der Waals surface area contributed by atoms with Crippen molar-refractivity contribution >= 4 is 11.3 Å². The molecular formula is C12H20N2S. The van der Waals surface area contributed by atoms with Gasteiger partial charge in [-0.25, -0.2) is 4.98 Å². The summed E-state index contributed by atoms with van der Waals surface area (Å²) in [4.78, 5) is 6.20. The second-order valence-corrected chi connectivity index (χ2v) is 5.49. The highest BCUT2D eigenvalue weighted by Crippen LogP contribution is 2.30. The topological polar surface area (TPSA) is 38.9 Å². The summed E-state index contributed by atoms with van der Waals surface area (Å²) in [5, 5.41) is 1.18. The van der Waals surface area contributed by atoms with E-state index in [0.29, 0.717) is 0 Å². The molecule has 0 bridgehead atoms. The molecule has 1 aromatic heterocycles. The smallest absolute Gasteiger partial charge is 0.110 e. The highest BCUT2D eigenvalue weighted by molar-refractivity contribution is 7.11. The minimum Gasteiger partial charge on any atom is -0.322 e. The first-order valence-corrected chi connectivity index (χ1v) is 6.87. The summed E-state index contributed by atoms with van der Waals surface area (Å²) in [6.07, 6.45) is 8.56. The summed E-state index contributed by atoms with van der Waals surface area (Å²) < 4.78 is 0. The first-order valence-electron chi connectivity index (χ1n) is 6.05. The number of aryl methyl sites for hydroxylation is 2. The molecule has 0 saturated carbocycles. The van der Waals surface area contributed by atoms with Crippen LogP contribution < -0.4 is 5.73 Å². The Hall–Kier alpha value is -0.410. The van der Waals surface area contributed by atoms with Crippen molar-refractivity contribution in [1.29, 1.82) is 0 Å². The van der Waals surface area contributed by atoms with E-state index < -0.39 is 0 Å². The molecule has 15 heavy (non-hydrogen) atoms. The van der Waals surface area contributed by atoms with Crippen LogP contribution in [0.5, 0.6) is 0 Å². The van der Waals surface area contributed by atoms with Gasteiger partial charge in [-0.3, -0.25) is 0 Å². The molecule has 2 nitrogen and oxygen atoms in total. The van der Waals surface area contributed by atoms with Crippen molar-refractivity contribution in [2.45, 2.75) is 57.9 Å². The lowest BCUT2D eigenvalue weighted by molar-refractivity contribution is 0.596. The SMILES string of the molecule is CCCCC(N)c1nc2c(s1)CCCC2. The Kier molecular flexibility index (Phi) is 3.76. The first-order chi connectivity index (χ1) is 7.31. The second kappa shape index (κ2) is 5.08. The van der Waals surface area contributed by atoms with E-state index in [4.69, 9.17) is 10.7 Å². The van der Waals surface area contributed by atoms with Crippen molar-refractivity contribution in [3.63, 3.8) is 0 Å². The average Bonchev–Trinajstić information content (AvgIpc) is 2.69. The Morgan fingerprint density at radius 1 is 1.40 bits per heavy atom.